The number of rotatable bonds is 3. The Bertz CT molecular complexity index is 4070. The maximum atomic E-state index is 2.52. The molecule has 2 heteroatoms. The predicted octanol–water partition coefficient (Wildman–Crippen LogP) is 16.6. The average Bonchev–Trinajstić information content (AvgIpc) is 4.07. The van der Waals surface area contributed by atoms with Crippen LogP contribution in [0, 0.1) is 0 Å². The summed E-state index contributed by atoms with van der Waals surface area (Å²) in [5.41, 5.74) is 22.6. The highest BCUT2D eigenvalue weighted by molar-refractivity contribution is 6.24. The number of aromatic nitrogens is 2. The molecular weight excluding hydrogens is 809 g/mol. The van der Waals surface area contributed by atoms with E-state index in [2.05, 4.69) is 242 Å². The molecule has 2 aliphatic carbocycles. The van der Waals surface area contributed by atoms with E-state index in [9.17, 15) is 0 Å². The second-order valence-electron chi connectivity index (χ2n) is 18.7. The highest BCUT2D eigenvalue weighted by Gasteiger charge is 2.52. The first-order valence-corrected chi connectivity index (χ1v) is 23.5. The lowest BCUT2D eigenvalue weighted by molar-refractivity contribution is 0.796. The van der Waals surface area contributed by atoms with E-state index < -0.39 is 5.41 Å². The third-order valence-electron chi connectivity index (χ3n) is 15.8. The lowest BCUT2D eigenvalue weighted by atomic mass is 9.68. The zero-order chi connectivity index (χ0) is 44.1. The second kappa shape index (κ2) is 13.3. The van der Waals surface area contributed by atoms with Crippen LogP contribution in [0.1, 0.15) is 22.3 Å². The summed E-state index contributed by atoms with van der Waals surface area (Å²) in [5.74, 6) is 0. The highest BCUT2D eigenvalue weighted by atomic mass is 14.9. The van der Waals surface area contributed by atoms with Gasteiger partial charge in [-0.1, -0.05) is 200 Å². The highest BCUT2D eigenvalue weighted by Crippen LogP contribution is 2.65. The molecule has 13 aromatic rings. The van der Waals surface area contributed by atoms with Crippen molar-refractivity contribution >= 4 is 65.2 Å². The van der Waals surface area contributed by atoms with E-state index in [0.717, 1.165) is 0 Å². The van der Waals surface area contributed by atoms with Gasteiger partial charge in [-0.3, -0.25) is 0 Å². The minimum atomic E-state index is -0.511. The van der Waals surface area contributed by atoms with E-state index in [1.165, 1.54) is 143 Å². The number of aryl methyl sites for hydroxylation is 2. The largest absolute Gasteiger partial charge is 0.343 e. The van der Waals surface area contributed by atoms with Crippen molar-refractivity contribution in [1.29, 1.82) is 0 Å². The lowest BCUT2D eigenvalue weighted by Crippen LogP contribution is -2.26. The molecule has 0 saturated heterocycles. The molecule has 0 atom stereocenters. The van der Waals surface area contributed by atoms with E-state index in [1.807, 2.05) is 0 Å². The molecule has 15 rings (SSSR count). The molecule has 312 valence electrons. The fourth-order valence-corrected chi connectivity index (χ4v) is 13.2. The Balaban J connectivity index is 1.13. The van der Waals surface area contributed by atoms with Crippen molar-refractivity contribution in [3.63, 3.8) is 0 Å². The zero-order valence-corrected chi connectivity index (χ0v) is 37.2. The second-order valence-corrected chi connectivity index (χ2v) is 18.7. The molecule has 67 heavy (non-hydrogen) atoms. The molecule has 11 aromatic carbocycles. The van der Waals surface area contributed by atoms with Gasteiger partial charge in [-0.05, 0) is 107 Å². The van der Waals surface area contributed by atoms with Crippen molar-refractivity contribution in [3.8, 4) is 55.6 Å². The smallest absolute Gasteiger partial charge is 0.0731 e. The molecule has 2 heterocycles. The Morgan fingerprint density at radius 1 is 0.269 bits per heavy atom. The van der Waals surface area contributed by atoms with Gasteiger partial charge < -0.3 is 9.13 Å². The number of para-hydroxylation sites is 4. The van der Waals surface area contributed by atoms with Gasteiger partial charge in [0, 0.05) is 57.8 Å². The van der Waals surface area contributed by atoms with E-state index in [-0.39, 0.29) is 0 Å². The summed E-state index contributed by atoms with van der Waals surface area (Å²) in [5, 5.41) is 10.1. The minimum absolute atomic E-state index is 0.511. The molecule has 2 aromatic heterocycles. The van der Waals surface area contributed by atoms with Gasteiger partial charge in [-0.15, -0.1) is 0 Å². The van der Waals surface area contributed by atoms with Crippen LogP contribution in [0.3, 0.4) is 0 Å². The van der Waals surface area contributed by atoms with Crippen LogP contribution in [0.5, 0.6) is 0 Å². The summed E-state index contributed by atoms with van der Waals surface area (Å²) in [6.07, 6.45) is 0. The first-order chi connectivity index (χ1) is 33.1. The van der Waals surface area contributed by atoms with Crippen LogP contribution >= 0.6 is 0 Å². The molecule has 0 bridgehead atoms. The number of benzene rings is 11. The fraction of sp³-hybridized carbons (Fsp3) is 0.0462. The third kappa shape index (κ3) is 4.59. The summed E-state index contributed by atoms with van der Waals surface area (Å²) >= 11 is 0. The maximum Gasteiger partial charge on any atom is 0.0731 e. The van der Waals surface area contributed by atoms with E-state index >= 15 is 0 Å². The number of fused-ring (bicyclic) bond motifs is 18. The van der Waals surface area contributed by atoms with Gasteiger partial charge in [0.2, 0.25) is 0 Å². The first-order valence-electron chi connectivity index (χ1n) is 23.5. The van der Waals surface area contributed by atoms with Crippen LogP contribution in [-0.4, -0.2) is 9.13 Å². The average molecular weight is 851 g/mol. The Morgan fingerprint density at radius 2 is 0.612 bits per heavy atom. The van der Waals surface area contributed by atoms with E-state index in [1.54, 1.807) is 0 Å². The van der Waals surface area contributed by atoms with Gasteiger partial charge in [0.05, 0.1) is 16.4 Å². The van der Waals surface area contributed by atoms with Crippen molar-refractivity contribution in [2.75, 3.05) is 0 Å². The van der Waals surface area contributed by atoms with Crippen molar-refractivity contribution in [2.24, 2.45) is 14.1 Å². The standard InChI is InChI=1S/C65H42N2/c1-66-59-36-11-6-21-44(59)51-30-16-28-49(63(51)66)39-23-13-25-46-54(39)38-55-40(50-29-17-31-52-45-22-7-12-37-60(45)67(2)64(50)52)24-14-26-47(55)61(46)53-32-15-27-48-43-20-5-10-35-58(43)65(62(48)53)56-33-8-3-18-41(56)42-19-4-9-34-57(42)65/h3-38H,1-2H3. The van der Waals surface area contributed by atoms with Crippen molar-refractivity contribution < 1.29 is 0 Å². The Hall–Kier alpha value is -8.46. The van der Waals surface area contributed by atoms with Crippen LogP contribution in [0.4, 0.5) is 0 Å². The van der Waals surface area contributed by atoms with Crippen LogP contribution < -0.4 is 0 Å². The monoisotopic (exact) mass is 850 g/mol. The van der Waals surface area contributed by atoms with Gasteiger partial charge in [0.1, 0.15) is 0 Å². The Kier molecular flexibility index (Phi) is 7.32. The fourth-order valence-electron chi connectivity index (χ4n) is 13.2. The predicted molar refractivity (Wildman–Crippen MR) is 282 cm³/mol. The molecule has 0 radical (unpaired) electrons. The van der Waals surface area contributed by atoms with Crippen molar-refractivity contribution in [1.82, 2.24) is 9.13 Å². The molecule has 0 amide bonds. The first kappa shape index (κ1) is 36.8. The van der Waals surface area contributed by atoms with Gasteiger partial charge in [0.15, 0.2) is 0 Å². The quantitative estimate of drug-likeness (QED) is 0.157. The van der Waals surface area contributed by atoms with Gasteiger partial charge in [-0.25, -0.2) is 0 Å². The summed E-state index contributed by atoms with van der Waals surface area (Å²) in [6.45, 7) is 0. The van der Waals surface area contributed by atoms with Crippen LogP contribution in [0.25, 0.3) is 121 Å². The summed E-state index contributed by atoms with van der Waals surface area (Å²) in [4.78, 5) is 0. The number of hydrogen-bond donors (Lipinski definition) is 0. The Labute approximate surface area is 388 Å². The minimum Gasteiger partial charge on any atom is -0.343 e. The zero-order valence-electron chi connectivity index (χ0n) is 37.2. The molecule has 0 fully saturated rings. The summed E-state index contributed by atoms with van der Waals surface area (Å²) in [7, 11) is 4.45. The lowest BCUT2D eigenvalue weighted by Gasteiger charge is -2.32. The van der Waals surface area contributed by atoms with Crippen LogP contribution in [0.15, 0.2) is 218 Å². The number of nitrogens with zero attached hydrogens (tertiary/aromatic N) is 2. The summed E-state index contributed by atoms with van der Waals surface area (Å²) < 4.78 is 4.79. The molecule has 0 saturated carbocycles. The molecule has 0 unspecified atom stereocenters. The third-order valence-corrected chi connectivity index (χ3v) is 15.8. The van der Waals surface area contributed by atoms with E-state index in [0.29, 0.717) is 0 Å². The molecule has 0 aliphatic heterocycles. The SMILES string of the molecule is Cn1c2ccccc2c2cccc(-c3cccc4c(-c5cccc6c5C5(c7ccccc7-c7ccccc75)c5ccccc5-6)c5cccc(-c6cccc7c8ccccc8n(C)c67)c5cc34)c21. The topological polar surface area (TPSA) is 9.86 Å². The Morgan fingerprint density at radius 3 is 1.12 bits per heavy atom. The maximum absolute atomic E-state index is 2.52. The molecule has 1 spiro atoms. The van der Waals surface area contributed by atoms with Crippen LogP contribution in [-0.2, 0) is 19.5 Å². The van der Waals surface area contributed by atoms with Crippen LogP contribution in [0.2, 0.25) is 0 Å². The number of hydrogen-bond acceptors (Lipinski definition) is 0. The van der Waals surface area contributed by atoms with Crippen molar-refractivity contribution in [3.05, 3.63) is 241 Å². The summed E-state index contributed by atoms with van der Waals surface area (Å²) in [6, 6.07) is 82.6. The molecule has 2 aliphatic rings. The molecular formula is C65H42N2. The van der Waals surface area contributed by atoms with E-state index in [4.69, 9.17) is 0 Å². The van der Waals surface area contributed by atoms with Crippen molar-refractivity contribution in [2.45, 2.75) is 5.41 Å². The molecule has 0 N–H and O–H groups in total. The van der Waals surface area contributed by atoms with Gasteiger partial charge in [-0.2, -0.15) is 0 Å². The normalized spacial score (nSPS) is 13.3. The van der Waals surface area contributed by atoms with Gasteiger partial charge in [0.25, 0.3) is 0 Å². The molecule has 2 nitrogen and oxygen atoms in total. The van der Waals surface area contributed by atoms with Gasteiger partial charge >= 0.3 is 0 Å².